The molecule has 0 fully saturated rings. The summed E-state index contributed by atoms with van der Waals surface area (Å²) in [6.07, 6.45) is -4.15. The molecule has 1 atom stereocenters. The number of nitrogens with one attached hydrogen (secondary N) is 2. The summed E-state index contributed by atoms with van der Waals surface area (Å²) in [4.78, 5) is 7.12. The maximum atomic E-state index is 12.5. The highest BCUT2D eigenvalue weighted by atomic mass is 19.4. The Morgan fingerprint density at radius 3 is 2.60 bits per heavy atom. The van der Waals surface area contributed by atoms with Crippen LogP contribution in [0, 0.1) is 0 Å². The van der Waals surface area contributed by atoms with Gasteiger partial charge < -0.3 is 20.5 Å². The highest BCUT2D eigenvalue weighted by molar-refractivity contribution is 5.25. The Labute approximate surface area is 143 Å². The number of aliphatic hydroxyl groups is 1. The molecular weight excluding hydrogens is 337 g/mol. The van der Waals surface area contributed by atoms with Crippen molar-refractivity contribution >= 4 is 5.95 Å². The number of benzene rings is 1. The maximum absolute atomic E-state index is 12.5. The summed E-state index contributed by atoms with van der Waals surface area (Å²) in [5, 5.41) is 15.5. The van der Waals surface area contributed by atoms with Crippen LogP contribution < -0.4 is 15.4 Å². The Morgan fingerprint density at radius 2 is 1.88 bits per heavy atom. The molecule has 0 radical (unpaired) electrons. The van der Waals surface area contributed by atoms with E-state index in [1.165, 1.54) is 0 Å². The Morgan fingerprint density at radius 1 is 1.12 bits per heavy atom. The van der Waals surface area contributed by atoms with Crippen LogP contribution in [0.3, 0.4) is 0 Å². The van der Waals surface area contributed by atoms with Crippen LogP contribution in [-0.4, -0.2) is 47.4 Å². The van der Waals surface area contributed by atoms with Crippen LogP contribution in [0.15, 0.2) is 42.6 Å². The van der Waals surface area contributed by atoms with Gasteiger partial charge >= 0.3 is 6.18 Å². The van der Waals surface area contributed by atoms with Crippen LogP contribution in [0.5, 0.6) is 5.75 Å². The third-order valence-corrected chi connectivity index (χ3v) is 3.10. The van der Waals surface area contributed by atoms with Crippen molar-refractivity contribution in [1.29, 1.82) is 0 Å². The lowest BCUT2D eigenvalue weighted by Gasteiger charge is -2.13. The van der Waals surface area contributed by atoms with Crippen molar-refractivity contribution in [2.75, 3.05) is 31.6 Å². The molecule has 0 bridgehead atoms. The molecule has 2 rings (SSSR count). The van der Waals surface area contributed by atoms with Gasteiger partial charge in [-0.15, -0.1) is 0 Å². The molecule has 0 aliphatic carbocycles. The quantitative estimate of drug-likeness (QED) is 0.596. The normalized spacial score (nSPS) is 12.6. The highest BCUT2D eigenvalue weighted by Crippen LogP contribution is 2.27. The number of aliphatic hydroxyl groups excluding tert-OH is 1. The standard InChI is InChI=1S/C16H19F3N4O2/c17-16(18,19)14-6-7-21-15(23-14)22-9-8-20-10-12(24)11-25-13-4-2-1-3-5-13/h1-7,12,20,24H,8-11H2,(H,21,22,23). The van der Waals surface area contributed by atoms with E-state index in [0.29, 0.717) is 18.8 Å². The minimum atomic E-state index is -4.50. The van der Waals surface area contributed by atoms with Crippen molar-refractivity contribution in [3.63, 3.8) is 0 Å². The van der Waals surface area contributed by atoms with Crippen LogP contribution in [0.2, 0.25) is 0 Å². The molecule has 1 unspecified atom stereocenters. The predicted octanol–water partition coefficient (Wildman–Crippen LogP) is 1.94. The fourth-order valence-corrected chi connectivity index (χ4v) is 1.90. The molecule has 9 heteroatoms. The monoisotopic (exact) mass is 356 g/mol. The second-order valence-electron chi connectivity index (χ2n) is 5.17. The summed E-state index contributed by atoms with van der Waals surface area (Å²) in [6, 6.07) is 9.93. The van der Waals surface area contributed by atoms with E-state index >= 15 is 0 Å². The van der Waals surface area contributed by atoms with Crippen molar-refractivity contribution < 1.29 is 23.0 Å². The van der Waals surface area contributed by atoms with Gasteiger partial charge in [-0.2, -0.15) is 13.2 Å². The number of hydrogen-bond acceptors (Lipinski definition) is 6. The van der Waals surface area contributed by atoms with Gasteiger partial charge in [0.15, 0.2) is 0 Å². The van der Waals surface area contributed by atoms with Gasteiger partial charge in [-0.3, -0.25) is 0 Å². The average molecular weight is 356 g/mol. The third kappa shape index (κ3) is 6.94. The van der Waals surface area contributed by atoms with E-state index in [4.69, 9.17) is 4.74 Å². The first-order chi connectivity index (χ1) is 11.9. The number of nitrogens with zero attached hydrogens (tertiary/aromatic N) is 2. The molecule has 1 aromatic heterocycles. The summed E-state index contributed by atoms with van der Waals surface area (Å²) >= 11 is 0. The fourth-order valence-electron chi connectivity index (χ4n) is 1.90. The van der Waals surface area contributed by atoms with E-state index < -0.39 is 18.0 Å². The number of ether oxygens (including phenoxy) is 1. The van der Waals surface area contributed by atoms with E-state index in [-0.39, 0.29) is 19.1 Å². The number of halogens is 3. The smallest absolute Gasteiger partial charge is 0.433 e. The first kappa shape index (κ1) is 18.9. The minimum absolute atomic E-state index is 0.0930. The minimum Gasteiger partial charge on any atom is -0.491 e. The molecule has 136 valence electrons. The highest BCUT2D eigenvalue weighted by Gasteiger charge is 2.32. The summed E-state index contributed by atoms with van der Waals surface area (Å²) in [6.45, 7) is 1.16. The van der Waals surface area contributed by atoms with Gasteiger partial charge in [-0.25, -0.2) is 9.97 Å². The van der Waals surface area contributed by atoms with Gasteiger partial charge in [0, 0.05) is 25.8 Å². The number of alkyl halides is 3. The maximum Gasteiger partial charge on any atom is 0.433 e. The van der Waals surface area contributed by atoms with E-state index in [9.17, 15) is 18.3 Å². The third-order valence-electron chi connectivity index (χ3n) is 3.10. The lowest BCUT2D eigenvalue weighted by atomic mass is 10.3. The number of aromatic nitrogens is 2. The van der Waals surface area contributed by atoms with Gasteiger partial charge in [0.1, 0.15) is 24.2 Å². The number of para-hydroxylation sites is 1. The molecule has 6 nitrogen and oxygen atoms in total. The molecule has 25 heavy (non-hydrogen) atoms. The van der Waals surface area contributed by atoms with Crippen molar-refractivity contribution in [2.45, 2.75) is 12.3 Å². The Hall–Kier alpha value is -2.39. The lowest BCUT2D eigenvalue weighted by Crippen LogP contribution is -2.34. The van der Waals surface area contributed by atoms with Crippen molar-refractivity contribution in [1.82, 2.24) is 15.3 Å². The van der Waals surface area contributed by atoms with Crippen molar-refractivity contribution in [2.24, 2.45) is 0 Å². The molecule has 0 saturated carbocycles. The zero-order valence-corrected chi connectivity index (χ0v) is 13.3. The van der Waals surface area contributed by atoms with Crippen LogP contribution >= 0.6 is 0 Å². The molecule has 1 aromatic carbocycles. The van der Waals surface area contributed by atoms with Gasteiger partial charge in [0.25, 0.3) is 0 Å². The summed E-state index contributed by atoms with van der Waals surface area (Å²) < 4.78 is 43.0. The van der Waals surface area contributed by atoms with Gasteiger partial charge in [-0.1, -0.05) is 18.2 Å². The topological polar surface area (TPSA) is 79.3 Å². The van der Waals surface area contributed by atoms with E-state index in [2.05, 4.69) is 20.6 Å². The summed E-state index contributed by atoms with van der Waals surface area (Å²) in [5.41, 5.74) is -0.994. The number of rotatable bonds is 9. The number of hydrogen-bond donors (Lipinski definition) is 3. The lowest BCUT2D eigenvalue weighted by molar-refractivity contribution is -0.141. The van der Waals surface area contributed by atoms with Crippen LogP contribution in [0.25, 0.3) is 0 Å². The second-order valence-corrected chi connectivity index (χ2v) is 5.17. The molecule has 0 amide bonds. The van der Waals surface area contributed by atoms with E-state index in [0.717, 1.165) is 12.3 Å². The predicted molar refractivity (Wildman–Crippen MR) is 86.3 cm³/mol. The number of anilines is 1. The molecule has 1 heterocycles. The van der Waals surface area contributed by atoms with Crippen LogP contribution in [0.4, 0.5) is 19.1 Å². The second kappa shape index (κ2) is 9.19. The molecular formula is C16H19F3N4O2. The SMILES string of the molecule is OC(CNCCNc1nccc(C(F)(F)F)n1)COc1ccccc1. The molecule has 0 spiro atoms. The summed E-state index contributed by atoms with van der Waals surface area (Å²) in [7, 11) is 0. The van der Waals surface area contributed by atoms with E-state index in [1.54, 1.807) is 12.1 Å². The van der Waals surface area contributed by atoms with E-state index in [1.807, 2.05) is 18.2 Å². The molecule has 3 N–H and O–H groups in total. The first-order valence-corrected chi connectivity index (χ1v) is 7.66. The van der Waals surface area contributed by atoms with Gasteiger partial charge in [0.05, 0.1) is 0 Å². The Bertz CT molecular complexity index is 641. The average Bonchev–Trinajstić information content (AvgIpc) is 2.60. The largest absolute Gasteiger partial charge is 0.491 e. The van der Waals surface area contributed by atoms with Gasteiger partial charge in [0.2, 0.25) is 5.95 Å². The zero-order valence-electron chi connectivity index (χ0n) is 13.3. The molecule has 0 aliphatic heterocycles. The van der Waals surface area contributed by atoms with Gasteiger partial charge in [-0.05, 0) is 18.2 Å². The fraction of sp³-hybridized carbons (Fsp3) is 0.375. The van der Waals surface area contributed by atoms with Crippen LogP contribution in [-0.2, 0) is 6.18 Å². The van der Waals surface area contributed by atoms with Crippen molar-refractivity contribution in [3.05, 3.63) is 48.3 Å². The van der Waals surface area contributed by atoms with Crippen molar-refractivity contribution in [3.8, 4) is 5.75 Å². The Balaban J connectivity index is 1.61. The molecule has 0 saturated heterocycles. The summed E-state index contributed by atoms with van der Waals surface area (Å²) in [5.74, 6) is 0.578. The first-order valence-electron chi connectivity index (χ1n) is 7.66. The Kier molecular flexibility index (Phi) is 6.96. The molecule has 0 aliphatic rings. The van der Waals surface area contributed by atoms with Crippen LogP contribution in [0.1, 0.15) is 5.69 Å². The zero-order chi connectivity index (χ0) is 18.1. The molecule has 2 aromatic rings.